The minimum atomic E-state index is -0.471. The van der Waals surface area contributed by atoms with Gasteiger partial charge in [0, 0.05) is 11.6 Å². The van der Waals surface area contributed by atoms with Crippen molar-refractivity contribution in [2.45, 2.75) is 13.0 Å². The van der Waals surface area contributed by atoms with Gasteiger partial charge in [0.05, 0.1) is 0 Å². The van der Waals surface area contributed by atoms with E-state index in [0.29, 0.717) is 5.56 Å². The van der Waals surface area contributed by atoms with Gasteiger partial charge in [0.1, 0.15) is 5.82 Å². The van der Waals surface area contributed by atoms with Gasteiger partial charge in [0.25, 0.3) is 0 Å². The summed E-state index contributed by atoms with van der Waals surface area (Å²) in [4.78, 5) is 0. The van der Waals surface area contributed by atoms with E-state index in [0.717, 1.165) is 0 Å². The van der Waals surface area contributed by atoms with E-state index < -0.39 is 6.04 Å². The molecule has 0 spiro atoms. The van der Waals surface area contributed by atoms with E-state index in [1.807, 2.05) is 0 Å². The molecule has 53 valence electrons. The molecule has 0 saturated carbocycles. The first kappa shape index (κ1) is 7.22. The van der Waals surface area contributed by atoms with E-state index in [1.165, 1.54) is 6.07 Å². The molecule has 2 heteroatoms. The maximum absolute atomic E-state index is 12.7. The summed E-state index contributed by atoms with van der Waals surface area (Å²) in [5.41, 5.74) is 7.68. The van der Waals surface area contributed by atoms with Crippen LogP contribution in [0, 0.1) is 5.82 Å². The van der Waals surface area contributed by atoms with Crippen LogP contribution in [0.15, 0.2) is 24.3 Å². The van der Waals surface area contributed by atoms with Crippen LogP contribution in [0.3, 0.4) is 0 Å². The zero-order valence-electron chi connectivity index (χ0n) is 5.76. The Balaban J connectivity index is 3.03. The van der Waals surface area contributed by atoms with Gasteiger partial charge in [-0.1, -0.05) is 18.2 Å². The molecule has 0 amide bonds. The molecule has 0 bridgehead atoms. The lowest BCUT2D eigenvalue weighted by molar-refractivity contribution is 0.590. The lowest BCUT2D eigenvalue weighted by Gasteiger charge is -2.03. The second-order valence-electron chi connectivity index (χ2n) is 2.24. The van der Waals surface area contributed by atoms with Crippen LogP contribution in [-0.2, 0) is 0 Å². The van der Waals surface area contributed by atoms with E-state index >= 15 is 0 Å². The van der Waals surface area contributed by atoms with Crippen molar-refractivity contribution in [3.63, 3.8) is 0 Å². The lowest BCUT2D eigenvalue weighted by Crippen LogP contribution is -1.96. The quantitative estimate of drug-likeness (QED) is 0.568. The molecule has 10 heavy (non-hydrogen) atoms. The molecule has 1 rings (SSSR count). The largest absolute Gasteiger partial charge is 0.250 e. The third kappa shape index (κ3) is 1.33. The van der Waals surface area contributed by atoms with Gasteiger partial charge in [0.15, 0.2) is 0 Å². The minimum Gasteiger partial charge on any atom is -0.250 e. The Morgan fingerprint density at radius 2 is 2.00 bits per heavy atom. The molecule has 0 aliphatic rings. The van der Waals surface area contributed by atoms with Crippen LogP contribution < -0.4 is 5.73 Å². The van der Waals surface area contributed by atoms with Crippen molar-refractivity contribution in [1.29, 1.82) is 0 Å². The van der Waals surface area contributed by atoms with Crippen molar-refractivity contribution in [3.8, 4) is 0 Å². The smallest absolute Gasteiger partial charge is 0.128 e. The number of hydrogen-bond donors (Lipinski definition) is 0. The Morgan fingerprint density at radius 1 is 1.40 bits per heavy atom. The standard InChI is InChI=1S/C8H9FN/c1-6(10)7-4-2-3-5-8(7)9/h2-6,10H,1H3. The molecule has 0 aromatic heterocycles. The van der Waals surface area contributed by atoms with Gasteiger partial charge in [-0.3, -0.25) is 0 Å². The summed E-state index contributed by atoms with van der Waals surface area (Å²) in [6.45, 7) is 1.65. The molecular formula is C8H9FN. The van der Waals surface area contributed by atoms with Crippen molar-refractivity contribution in [2.75, 3.05) is 0 Å². The van der Waals surface area contributed by atoms with Crippen molar-refractivity contribution >= 4 is 0 Å². The molecule has 0 aliphatic carbocycles. The second kappa shape index (κ2) is 2.80. The maximum atomic E-state index is 12.7. The lowest BCUT2D eigenvalue weighted by atomic mass is 10.1. The van der Waals surface area contributed by atoms with Crippen LogP contribution in [0.25, 0.3) is 0 Å². The molecular weight excluding hydrogens is 129 g/mol. The number of benzene rings is 1. The summed E-state index contributed by atoms with van der Waals surface area (Å²) in [5.74, 6) is -0.287. The van der Waals surface area contributed by atoms with Crippen LogP contribution in [-0.4, -0.2) is 0 Å². The molecule has 1 aromatic carbocycles. The first-order valence-corrected chi connectivity index (χ1v) is 3.17. The zero-order chi connectivity index (χ0) is 7.56. The average Bonchev–Trinajstić information content (AvgIpc) is 1.88. The van der Waals surface area contributed by atoms with Crippen LogP contribution in [0.4, 0.5) is 4.39 Å². The fourth-order valence-electron chi connectivity index (χ4n) is 0.826. The second-order valence-corrected chi connectivity index (χ2v) is 2.24. The van der Waals surface area contributed by atoms with E-state index in [1.54, 1.807) is 25.1 Å². The van der Waals surface area contributed by atoms with Crippen molar-refractivity contribution in [2.24, 2.45) is 0 Å². The number of nitrogens with one attached hydrogen (secondary N) is 1. The van der Waals surface area contributed by atoms with Gasteiger partial charge >= 0.3 is 0 Å². The minimum absolute atomic E-state index is 0.287. The number of halogens is 1. The molecule has 1 nitrogen and oxygen atoms in total. The molecule has 1 radical (unpaired) electrons. The summed E-state index contributed by atoms with van der Waals surface area (Å²) in [5, 5.41) is 0. The highest BCUT2D eigenvalue weighted by Crippen LogP contribution is 2.13. The monoisotopic (exact) mass is 138 g/mol. The third-order valence-electron chi connectivity index (χ3n) is 1.37. The molecule has 0 saturated heterocycles. The van der Waals surface area contributed by atoms with Crippen LogP contribution in [0.1, 0.15) is 18.5 Å². The Bertz CT molecular complexity index is 220. The fraction of sp³-hybridized carbons (Fsp3) is 0.250. The van der Waals surface area contributed by atoms with Gasteiger partial charge in [-0.2, -0.15) is 0 Å². The Morgan fingerprint density at radius 3 is 2.40 bits per heavy atom. The van der Waals surface area contributed by atoms with E-state index in [2.05, 4.69) is 0 Å². The first-order chi connectivity index (χ1) is 4.72. The summed E-state index contributed by atoms with van der Waals surface area (Å²) in [6.07, 6.45) is 0. The molecule has 0 fully saturated rings. The van der Waals surface area contributed by atoms with Gasteiger partial charge in [-0.15, -0.1) is 0 Å². The van der Waals surface area contributed by atoms with E-state index in [4.69, 9.17) is 5.73 Å². The Kier molecular flexibility index (Phi) is 2.02. The SMILES string of the molecule is CC([NH])c1ccccc1F. The van der Waals surface area contributed by atoms with Gasteiger partial charge in [-0.25, -0.2) is 10.1 Å². The van der Waals surface area contributed by atoms with Gasteiger partial charge < -0.3 is 0 Å². The van der Waals surface area contributed by atoms with E-state index in [9.17, 15) is 4.39 Å². The summed E-state index contributed by atoms with van der Waals surface area (Å²) in [7, 11) is 0. The van der Waals surface area contributed by atoms with Crippen molar-refractivity contribution < 1.29 is 4.39 Å². The summed E-state index contributed by atoms with van der Waals surface area (Å²) < 4.78 is 12.7. The summed E-state index contributed by atoms with van der Waals surface area (Å²) in [6, 6.07) is 5.90. The third-order valence-corrected chi connectivity index (χ3v) is 1.37. The van der Waals surface area contributed by atoms with Gasteiger partial charge in [-0.05, 0) is 13.0 Å². The van der Waals surface area contributed by atoms with Gasteiger partial charge in [0.2, 0.25) is 0 Å². The highest BCUT2D eigenvalue weighted by Gasteiger charge is 2.03. The normalized spacial score (nSPS) is 13.1. The highest BCUT2D eigenvalue weighted by molar-refractivity contribution is 5.19. The first-order valence-electron chi connectivity index (χ1n) is 3.17. The molecule has 1 aromatic rings. The molecule has 0 heterocycles. The number of hydrogen-bond acceptors (Lipinski definition) is 0. The fourth-order valence-corrected chi connectivity index (χ4v) is 0.826. The Hall–Kier alpha value is -0.890. The maximum Gasteiger partial charge on any atom is 0.128 e. The zero-order valence-corrected chi connectivity index (χ0v) is 5.76. The summed E-state index contributed by atoms with van der Waals surface area (Å²) >= 11 is 0. The topological polar surface area (TPSA) is 23.8 Å². The molecule has 0 aliphatic heterocycles. The average molecular weight is 138 g/mol. The van der Waals surface area contributed by atoms with Crippen LogP contribution >= 0.6 is 0 Å². The molecule has 1 unspecified atom stereocenters. The van der Waals surface area contributed by atoms with Crippen molar-refractivity contribution in [1.82, 2.24) is 5.73 Å². The predicted molar refractivity (Wildman–Crippen MR) is 37.9 cm³/mol. The highest BCUT2D eigenvalue weighted by atomic mass is 19.1. The van der Waals surface area contributed by atoms with Crippen LogP contribution in [0.2, 0.25) is 0 Å². The van der Waals surface area contributed by atoms with Crippen molar-refractivity contribution in [3.05, 3.63) is 35.6 Å². The molecule has 1 atom stereocenters. The number of rotatable bonds is 1. The Labute approximate surface area is 59.7 Å². The van der Waals surface area contributed by atoms with Crippen LogP contribution in [0.5, 0.6) is 0 Å². The predicted octanol–water partition coefficient (Wildman–Crippen LogP) is 2.17. The molecule has 1 N–H and O–H groups in total. The van der Waals surface area contributed by atoms with E-state index in [-0.39, 0.29) is 5.82 Å².